The third kappa shape index (κ3) is 3.75. The van der Waals surface area contributed by atoms with Crippen molar-refractivity contribution in [3.63, 3.8) is 0 Å². The quantitative estimate of drug-likeness (QED) is 0.598. The van der Waals surface area contributed by atoms with Crippen LogP contribution in [0.4, 0.5) is 5.69 Å². The second-order valence-electron chi connectivity index (χ2n) is 5.44. The summed E-state index contributed by atoms with van der Waals surface area (Å²) < 4.78 is 27.6. The summed E-state index contributed by atoms with van der Waals surface area (Å²) in [4.78, 5) is 10.3. The van der Waals surface area contributed by atoms with E-state index in [0.717, 1.165) is 12.8 Å². The Kier molecular flexibility index (Phi) is 5.91. The van der Waals surface area contributed by atoms with Crippen molar-refractivity contribution < 1.29 is 13.3 Å². The molecule has 1 saturated carbocycles. The number of benzene rings is 1. The summed E-state index contributed by atoms with van der Waals surface area (Å²) in [5, 5.41) is 11.2. The van der Waals surface area contributed by atoms with Gasteiger partial charge in [-0.3, -0.25) is 10.1 Å². The van der Waals surface area contributed by atoms with Gasteiger partial charge >= 0.3 is 0 Å². The lowest BCUT2D eigenvalue weighted by Gasteiger charge is -2.17. The molecule has 7 nitrogen and oxygen atoms in total. The third-order valence-electron chi connectivity index (χ3n) is 3.73. The van der Waals surface area contributed by atoms with Crippen LogP contribution in [0.3, 0.4) is 0 Å². The molecule has 0 spiro atoms. The van der Waals surface area contributed by atoms with Gasteiger partial charge in [-0.1, -0.05) is 12.1 Å². The predicted molar refractivity (Wildman–Crippen MR) is 85.7 cm³/mol. The fourth-order valence-corrected chi connectivity index (χ4v) is 4.22. The fourth-order valence-electron chi connectivity index (χ4n) is 2.43. The second-order valence-corrected chi connectivity index (χ2v) is 7.09. The fraction of sp³-hybridized carbons (Fsp3) is 0.538. The van der Waals surface area contributed by atoms with Crippen molar-refractivity contribution in [3.05, 3.63) is 33.4 Å². The monoisotopic (exact) mass is 349 g/mol. The Morgan fingerprint density at radius 1 is 1.36 bits per heavy atom. The van der Waals surface area contributed by atoms with Crippen LogP contribution < -0.4 is 10.5 Å². The zero-order chi connectivity index (χ0) is 15.8. The van der Waals surface area contributed by atoms with Gasteiger partial charge in [-0.25, -0.2) is 13.1 Å². The van der Waals surface area contributed by atoms with Crippen LogP contribution in [-0.2, 0) is 10.0 Å². The van der Waals surface area contributed by atoms with Crippen LogP contribution >= 0.6 is 12.4 Å². The van der Waals surface area contributed by atoms with E-state index in [0.29, 0.717) is 11.1 Å². The van der Waals surface area contributed by atoms with Crippen LogP contribution in [-0.4, -0.2) is 25.9 Å². The van der Waals surface area contributed by atoms with Crippen molar-refractivity contribution in [2.45, 2.75) is 37.6 Å². The number of aryl methyl sites for hydroxylation is 2. The third-order valence-corrected chi connectivity index (χ3v) is 5.40. The summed E-state index contributed by atoms with van der Waals surface area (Å²) >= 11 is 0. The Morgan fingerprint density at radius 3 is 2.36 bits per heavy atom. The van der Waals surface area contributed by atoms with E-state index >= 15 is 0 Å². The van der Waals surface area contributed by atoms with E-state index in [1.54, 1.807) is 19.1 Å². The number of nitrogens with two attached hydrogens (primary N) is 1. The normalized spacial score (nSPS) is 16.0. The Hall–Kier alpha value is -1.22. The van der Waals surface area contributed by atoms with Crippen molar-refractivity contribution in [1.29, 1.82) is 0 Å². The number of nitro groups is 1. The molecular weight excluding hydrogens is 330 g/mol. The Bertz CT molecular complexity index is 674. The van der Waals surface area contributed by atoms with E-state index in [2.05, 4.69) is 4.72 Å². The Labute approximate surface area is 135 Å². The molecule has 0 amide bonds. The number of sulfonamides is 1. The van der Waals surface area contributed by atoms with Crippen molar-refractivity contribution in [2.75, 3.05) is 6.54 Å². The van der Waals surface area contributed by atoms with Crippen molar-refractivity contribution in [3.8, 4) is 0 Å². The molecule has 3 N–H and O–H groups in total. The molecule has 0 bridgehead atoms. The first-order valence-electron chi connectivity index (χ1n) is 6.75. The number of rotatable bonds is 6. The number of nitrogens with zero attached hydrogens (tertiary/aromatic N) is 1. The van der Waals surface area contributed by atoms with Crippen LogP contribution in [0.5, 0.6) is 0 Å². The first-order chi connectivity index (χ1) is 9.77. The van der Waals surface area contributed by atoms with Crippen LogP contribution in [0.2, 0.25) is 0 Å². The zero-order valence-electron chi connectivity index (χ0n) is 12.4. The molecule has 1 unspecified atom stereocenters. The SMILES string of the molecule is Cc1ccc(C)c(S(=O)(=O)NC(CN)C2CC2)c1[N+](=O)[O-].Cl. The maximum atomic E-state index is 12.6. The minimum atomic E-state index is -3.98. The molecule has 0 saturated heterocycles. The van der Waals surface area contributed by atoms with E-state index in [1.807, 2.05) is 0 Å². The lowest BCUT2D eigenvalue weighted by molar-refractivity contribution is -0.388. The minimum absolute atomic E-state index is 0. The maximum absolute atomic E-state index is 12.6. The largest absolute Gasteiger partial charge is 0.329 e. The average molecular weight is 350 g/mol. The molecule has 0 aromatic heterocycles. The molecule has 2 rings (SSSR count). The molecule has 22 heavy (non-hydrogen) atoms. The summed E-state index contributed by atoms with van der Waals surface area (Å²) in [7, 11) is -3.98. The van der Waals surface area contributed by atoms with Gasteiger partial charge in [0.15, 0.2) is 4.90 Å². The molecule has 1 aliphatic carbocycles. The van der Waals surface area contributed by atoms with Crippen LogP contribution in [0.25, 0.3) is 0 Å². The summed E-state index contributed by atoms with van der Waals surface area (Å²) in [6.45, 7) is 3.26. The number of nitro benzene ring substituents is 1. The molecule has 1 atom stereocenters. The lowest BCUT2D eigenvalue weighted by atomic mass is 10.1. The number of halogens is 1. The van der Waals surface area contributed by atoms with Gasteiger partial charge in [0.1, 0.15) is 0 Å². The standard InChI is InChI=1S/C13H19N3O4S.ClH/c1-8-3-4-9(2)13(12(8)16(17)18)21(19,20)15-11(7-14)10-5-6-10;/h3-4,10-11,15H,5-7,14H2,1-2H3;1H. The van der Waals surface area contributed by atoms with Crippen molar-refractivity contribution in [1.82, 2.24) is 4.72 Å². The smallest absolute Gasteiger partial charge is 0.292 e. The van der Waals surface area contributed by atoms with Gasteiger partial charge in [-0.05, 0) is 38.2 Å². The number of hydrogen-bond donors (Lipinski definition) is 2. The van der Waals surface area contributed by atoms with Gasteiger partial charge in [0, 0.05) is 18.2 Å². The van der Waals surface area contributed by atoms with E-state index in [-0.39, 0.29) is 41.5 Å². The molecule has 1 aromatic rings. The topological polar surface area (TPSA) is 115 Å². The first kappa shape index (κ1) is 18.8. The highest BCUT2D eigenvalue weighted by Gasteiger charge is 2.36. The molecule has 124 valence electrons. The average Bonchev–Trinajstić information content (AvgIpc) is 3.22. The molecule has 0 radical (unpaired) electrons. The molecule has 9 heteroatoms. The highest BCUT2D eigenvalue weighted by Crippen LogP contribution is 2.35. The molecule has 0 heterocycles. The number of nitrogens with one attached hydrogen (secondary N) is 1. The number of hydrogen-bond acceptors (Lipinski definition) is 5. The summed E-state index contributed by atoms with van der Waals surface area (Å²) in [5.74, 6) is 0.231. The van der Waals surface area contributed by atoms with Gasteiger partial charge in [0.2, 0.25) is 10.0 Å². The molecular formula is C13H20ClN3O4S. The summed E-state index contributed by atoms with van der Waals surface area (Å²) in [6.07, 6.45) is 1.86. The first-order valence-corrected chi connectivity index (χ1v) is 8.23. The predicted octanol–water partition coefficient (Wildman–Crippen LogP) is 1.65. The van der Waals surface area contributed by atoms with Gasteiger partial charge in [-0.15, -0.1) is 12.4 Å². The van der Waals surface area contributed by atoms with Crippen molar-refractivity contribution in [2.24, 2.45) is 11.7 Å². The van der Waals surface area contributed by atoms with Crippen LogP contribution in [0.1, 0.15) is 24.0 Å². The zero-order valence-corrected chi connectivity index (χ0v) is 14.0. The molecule has 1 aliphatic rings. The van der Waals surface area contributed by atoms with Crippen LogP contribution in [0, 0.1) is 29.9 Å². The Balaban J connectivity index is 0.00000242. The van der Waals surface area contributed by atoms with Gasteiger partial charge < -0.3 is 5.73 Å². The van der Waals surface area contributed by atoms with Gasteiger partial charge in [0.25, 0.3) is 5.69 Å². The molecule has 1 aromatic carbocycles. The maximum Gasteiger partial charge on any atom is 0.292 e. The minimum Gasteiger partial charge on any atom is -0.329 e. The van der Waals surface area contributed by atoms with E-state index in [1.165, 1.54) is 6.92 Å². The summed E-state index contributed by atoms with van der Waals surface area (Å²) in [5.41, 5.74) is 5.91. The second kappa shape index (κ2) is 6.91. The van der Waals surface area contributed by atoms with Crippen molar-refractivity contribution >= 4 is 28.1 Å². The summed E-state index contributed by atoms with van der Waals surface area (Å²) in [6, 6.07) is 2.76. The van der Waals surface area contributed by atoms with Gasteiger partial charge in [-0.2, -0.15) is 0 Å². The van der Waals surface area contributed by atoms with Crippen LogP contribution in [0.15, 0.2) is 17.0 Å². The molecule has 1 fully saturated rings. The van der Waals surface area contributed by atoms with E-state index < -0.39 is 14.9 Å². The highest BCUT2D eigenvalue weighted by atomic mass is 35.5. The van der Waals surface area contributed by atoms with E-state index in [4.69, 9.17) is 5.73 Å². The van der Waals surface area contributed by atoms with E-state index in [9.17, 15) is 18.5 Å². The van der Waals surface area contributed by atoms with Gasteiger partial charge in [0.05, 0.1) is 4.92 Å². The molecule has 0 aliphatic heterocycles. The highest BCUT2D eigenvalue weighted by molar-refractivity contribution is 7.89. The lowest BCUT2D eigenvalue weighted by Crippen LogP contribution is -2.42. The Morgan fingerprint density at radius 2 is 1.91 bits per heavy atom.